The second-order valence-corrected chi connectivity index (χ2v) is 8.69. The highest BCUT2D eigenvalue weighted by molar-refractivity contribution is 7.89. The monoisotopic (exact) mass is 458 g/mol. The third kappa shape index (κ3) is 4.27. The van der Waals surface area contributed by atoms with Gasteiger partial charge in [0.2, 0.25) is 10.0 Å². The topological polar surface area (TPSA) is 90.9 Å². The molecule has 164 valence electrons. The van der Waals surface area contributed by atoms with Crippen molar-refractivity contribution in [2.45, 2.75) is 18.0 Å². The van der Waals surface area contributed by atoms with Gasteiger partial charge in [0.15, 0.2) is 5.69 Å². The maximum Gasteiger partial charge on any atom is 0.435 e. The van der Waals surface area contributed by atoms with Crippen molar-refractivity contribution in [2.24, 2.45) is 5.14 Å². The number of aromatic nitrogens is 3. The number of halogens is 3. The van der Waals surface area contributed by atoms with Crippen molar-refractivity contribution in [1.29, 1.82) is 0 Å². The average molecular weight is 458 g/mol. The largest absolute Gasteiger partial charge is 0.435 e. The highest BCUT2D eigenvalue weighted by Crippen LogP contribution is 2.36. The zero-order valence-electron chi connectivity index (χ0n) is 16.7. The Bertz CT molecular complexity index is 1380. The molecule has 2 aromatic heterocycles. The third-order valence-electron chi connectivity index (χ3n) is 4.94. The summed E-state index contributed by atoms with van der Waals surface area (Å²) in [4.78, 5) is 3.84. The molecule has 0 spiro atoms. The number of alkyl halides is 3. The Morgan fingerprint density at radius 1 is 0.906 bits per heavy atom. The van der Waals surface area contributed by atoms with Gasteiger partial charge in [0, 0.05) is 18.0 Å². The van der Waals surface area contributed by atoms with E-state index in [9.17, 15) is 21.6 Å². The first-order chi connectivity index (χ1) is 15.0. The predicted molar refractivity (Wildman–Crippen MR) is 113 cm³/mol. The molecule has 0 amide bonds. The van der Waals surface area contributed by atoms with Crippen molar-refractivity contribution in [3.63, 3.8) is 0 Å². The fourth-order valence-corrected chi connectivity index (χ4v) is 3.82. The van der Waals surface area contributed by atoms with Gasteiger partial charge >= 0.3 is 6.18 Å². The lowest BCUT2D eigenvalue weighted by atomic mass is 9.98. The van der Waals surface area contributed by atoms with Gasteiger partial charge in [-0.2, -0.15) is 18.3 Å². The van der Waals surface area contributed by atoms with Crippen molar-refractivity contribution in [3.8, 4) is 28.1 Å². The van der Waals surface area contributed by atoms with Crippen LogP contribution in [0.4, 0.5) is 13.2 Å². The van der Waals surface area contributed by atoms with E-state index in [4.69, 9.17) is 5.14 Å². The van der Waals surface area contributed by atoms with Gasteiger partial charge < -0.3 is 0 Å². The van der Waals surface area contributed by atoms with Crippen molar-refractivity contribution >= 4 is 10.0 Å². The minimum atomic E-state index is -4.66. The number of rotatable bonds is 4. The van der Waals surface area contributed by atoms with Crippen LogP contribution in [0.3, 0.4) is 0 Å². The number of benzene rings is 2. The first-order valence-electron chi connectivity index (χ1n) is 9.36. The van der Waals surface area contributed by atoms with Crippen molar-refractivity contribution in [2.75, 3.05) is 0 Å². The smallest absolute Gasteiger partial charge is 0.265 e. The summed E-state index contributed by atoms with van der Waals surface area (Å²) in [5.41, 5.74) is 2.39. The molecule has 4 rings (SSSR count). The minimum absolute atomic E-state index is 0.151. The number of nitrogens with two attached hydrogens (primary N) is 1. The summed E-state index contributed by atoms with van der Waals surface area (Å²) < 4.78 is 64.7. The lowest BCUT2D eigenvalue weighted by molar-refractivity contribution is -0.141. The molecule has 0 saturated heterocycles. The highest BCUT2D eigenvalue weighted by atomic mass is 32.2. The van der Waals surface area contributed by atoms with E-state index < -0.39 is 21.9 Å². The Morgan fingerprint density at radius 3 is 2.16 bits per heavy atom. The Morgan fingerprint density at radius 2 is 1.56 bits per heavy atom. The molecule has 2 N–H and O–H groups in total. The van der Waals surface area contributed by atoms with Crippen LogP contribution in [0.1, 0.15) is 11.3 Å². The predicted octanol–water partition coefficient (Wildman–Crippen LogP) is 4.58. The molecule has 0 aliphatic rings. The first-order valence-corrected chi connectivity index (χ1v) is 10.9. The van der Waals surface area contributed by atoms with Crippen molar-refractivity contribution in [1.82, 2.24) is 14.8 Å². The number of aryl methyl sites for hydroxylation is 1. The number of nitrogens with zero attached hydrogens (tertiary/aromatic N) is 3. The van der Waals surface area contributed by atoms with E-state index in [2.05, 4.69) is 10.1 Å². The summed E-state index contributed by atoms with van der Waals surface area (Å²) in [5.74, 6) is 0. The first kappa shape index (κ1) is 21.7. The normalized spacial score (nSPS) is 12.2. The summed E-state index contributed by atoms with van der Waals surface area (Å²) >= 11 is 0. The maximum absolute atomic E-state index is 13.5. The van der Waals surface area contributed by atoms with Gasteiger partial charge in [-0.3, -0.25) is 4.98 Å². The quantitative estimate of drug-likeness (QED) is 0.485. The van der Waals surface area contributed by atoms with E-state index in [-0.39, 0.29) is 16.3 Å². The molecule has 32 heavy (non-hydrogen) atoms. The molecule has 0 saturated carbocycles. The van der Waals surface area contributed by atoms with Crippen LogP contribution in [0.15, 0.2) is 78.0 Å². The molecule has 10 heteroatoms. The van der Waals surface area contributed by atoms with Crippen LogP contribution in [0, 0.1) is 6.92 Å². The van der Waals surface area contributed by atoms with Crippen molar-refractivity contribution < 1.29 is 21.6 Å². The molecule has 0 aliphatic heterocycles. The summed E-state index contributed by atoms with van der Waals surface area (Å²) in [6.07, 6.45) is -1.39. The molecule has 0 radical (unpaired) electrons. The molecule has 6 nitrogen and oxygen atoms in total. The number of primary sulfonamides is 1. The zero-order chi connectivity index (χ0) is 23.1. The summed E-state index contributed by atoms with van der Waals surface area (Å²) in [6, 6.07) is 15.2. The van der Waals surface area contributed by atoms with Crippen LogP contribution in [0.5, 0.6) is 0 Å². The van der Waals surface area contributed by atoms with Gasteiger partial charge in [0.05, 0.1) is 16.3 Å². The van der Waals surface area contributed by atoms with E-state index in [0.717, 1.165) is 27.4 Å². The van der Waals surface area contributed by atoms with E-state index in [1.807, 2.05) is 12.1 Å². The molecule has 0 fully saturated rings. The molecular weight excluding hydrogens is 441 g/mol. The summed E-state index contributed by atoms with van der Waals surface area (Å²) in [5, 5.41) is 8.88. The minimum Gasteiger partial charge on any atom is -0.265 e. The van der Waals surface area contributed by atoms with Crippen molar-refractivity contribution in [3.05, 3.63) is 84.3 Å². The van der Waals surface area contributed by atoms with E-state index in [1.165, 1.54) is 24.3 Å². The highest BCUT2D eigenvalue weighted by Gasteiger charge is 2.35. The van der Waals surface area contributed by atoms with Crippen LogP contribution < -0.4 is 5.14 Å². The van der Waals surface area contributed by atoms with E-state index in [0.29, 0.717) is 5.56 Å². The molecule has 2 heterocycles. The Labute approximate surface area is 182 Å². The lowest BCUT2D eigenvalue weighted by Gasteiger charge is -2.12. The molecule has 0 aliphatic carbocycles. The SMILES string of the molecule is Cc1ccc(-c2ccncc2)cc1-c1cc(C(F)(F)F)nn1-c1ccc(S(N)(=O)=O)cc1. The summed E-state index contributed by atoms with van der Waals surface area (Å²) in [6.45, 7) is 1.79. The zero-order valence-corrected chi connectivity index (χ0v) is 17.5. The van der Waals surface area contributed by atoms with Gasteiger partial charge in [-0.15, -0.1) is 0 Å². The van der Waals surface area contributed by atoms with Gasteiger partial charge in [-0.25, -0.2) is 18.2 Å². The van der Waals surface area contributed by atoms with Crippen LogP contribution in [-0.2, 0) is 16.2 Å². The third-order valence-corrected chi connectivity index (χ3v) is 5.87. The van der Waals surface area contributed by atoms with Gasteiger partial charge in [-0.05, 0) is 72.1 Å². The number of hydrogen-bond donors (Lipinski definition) is 1. The second-order valence-electron chi connectivity index (χ2n) is 7.13. The van der Waals surface area contributed by atoms with E-state index >= 15 is 0 Å². The van der Waals surface area contributed by atoms with Gasteiger partial charge in [-0.1, -0.05) is 12.1 Å². The standard InChI is InChI=1S/C22H17F3N4O2S/c1-14-2-3-16(15-8-10-27-11-9-15)12-19(14)20-13-21(22(23,24)25)28-29(20)17-4-6-18(7-5-17)32(26,30)31/h2-13H,1H3,(H2,26,30,31). The number of hydrogen-bond acceptors (Lipinski definition) is 4. The lowest BCUT2D eigenvalue weighted by Crippen LogP contribution is -2.12. The van der Waals surface area contributed by atoms with Crippen LogP contribution in [0.25, 0.3) is 28.1 Å². The molecular formula is C22H17F3N4O2S. The molecule has 0 atom stereocenters. The average Bonchev–Trinajstić information content (AvgIpc) is 3.20. The number of pyridine rings is 1. The van der Waals surface area contributed by atoms with Gasteiger partial charge in [0.25, 0.3) is 0 Å². The molecule has 0 unspecified atom stereocenters. The summed E-state index contributed by atoms with van der Waals surface area (Å²) in [7, 11) is -3.94. The fourth-order valence-electron chi connectivity index (χ4n) is 3.31. The molecule has 2 aromatic carbocycles. The van der Waals surface area contributed by atoms with Crippen LogP contribution in [-0.4, -0.2) is 23.2 Å². The van der Waals surface area contributed by atoms with Gasteiger partial charge in [0.1, 0.15) is 0 Å². The van der Waals surface area contributed by atoms with E-state index in [1.54, 1.807) is 37.5 Å². The Kier molecular flexibility index (Phi) is 5.35. The number of sulfonamides is 1. The second kappa shape index (κ2) is 7.88. The fraction of sp³-hybridized carbons (Fsp3) is 0.0909. The molecule has 4 aromatic rings. The maximum atomic E-state index is 13.5. The Hall–Kier alpha value is -3.50. The Balaban J connectivity index is 1.91. The van der Waals surface area contributed by atoms with Crippen LogP contribution in [0.2, 0.25) is 0 Å². The molecule has 0 bridgehead atoms. The van der Waals surface area contributed by atoms with Crippen LogP contribution >= 0.6 is 0 Å².